The molecule has 3 aromatic heterocycles. The van der Waals surface area contributed by atoms with E-state index in [1.807, 2.05) is 0 Å². The van der Waals surface area contributed by atoms with Gasteiger partial charge in [-0.25, -0.2) is 24.9 Å². The molecule has 2 aliphatic rings. The van der Waals surface area contributed by atoms with Gasteiger partial charge in [-0.2, -0.15) is 0 Å². The number of carbonyl (C=O) groups is 2. The van der Waals surface area contributed by atoms with Gasteiger partial charge in [0.1, 0.15) is 24.1 Å². The van der Waals surface area contributed by atoms with Gasteiger partial charge in [0.15, 0.2) is 23.8 Å². The van der Waals surface area contributed by atoms with Crippen LogP contribution in [0.4, 0.5) is 5.82 Å². The van der Waals surface area contributed by atoms with E-state index in [1.165, 1.54) is 36.7 Å². The highest BCUT2D eigenvalue weighted by Crippen LogP contribution is 2.32. The van der Waals surface area contributed by atoms with Crippen LogP contribution < -0.4 is 11.1 Å². The number of carbonyl (C=O) groups excluding carboxylic acids is 2. The largest absolute Gasteiger partial charge is 0.387 e. The summed E-state index contributed by atoms with van der Waals surface area (Å²) in [5.74, 6) is 5.14. The second-order valence-corrected chi connectivity index (χ2v) is 8.75. The Morgan fingerprint density at radius 1 is 1.24 bits per heavy atom. The summed E-state index contributed by atoms with van der Waals surface area (Å²) < 4.78 is 6.99. The summed E-state index contributed by atoms with van der Waals surface area (Å²) >= 11 is 0. The smallest absolute Gasteiger partial charge is 0.258 e. The molecule has 0 aromatic carbocycles. The summed E-state index contributed by atoms with van der Waals surface area (Å²) in [5.41, 5.74) is 6.91. The number of amides is 2. The van der Waals surface area contributed by atoms with Gasteiger partial charge >= 0.3 is 0 Å². The minimum absolute atomic E-state index is 0.0531. The molecule has 4 atom stereocenters. The fourth-order valence-corrected chi connectivity index (χ4v) is 4.27. The van der Waals surface area contributed by atoms with Crippen LogP contribution in [0.15, 0.2) is 25.0 Å². The summed E-state index contributed by atoms with van der Waals surface area (Å²) in [7, 11) is 1.40. The summed E-state index contributed by atoms with van der Waals surface area (Å²) in [4.78, 5) is 47.3. The van der Waals surface area contributed by atoms with E-state index >= 15 is 0 Å². The minimum atomic E-state index is -1.45. The molecule has 0 radical (unpaired) electrons. The molecule has 5 rings (SSSR count). The number of nitrogens with one attached hydrogen (secondary N) is 1. The fourth-order valence-electron chi connectivity index (χ4n) is 4.27. The standard InChI is InChI=1S/C23H25N9O5/c1-25-21(35)18-16(33)17(34)23(37-18)32-11-28-15-19(24)29-14(30-20(15)32)6-3-7-31(13-4-2-5-13)22(36)12-8-26-10-27-9-12/h8-11,13,16-18,23,33-34H,2,4-5,7H2,1H3,(H,25,35)(H2,24,29,30)/t16?,17-,18+,23-/m1/s1. The molecule has 3 aromatic rings. The second kappa shape index (κ2) is 10.1. The van der Waals surface area contributed by atoms with Crippen LogP contribution in [0.25, 0.3) is 11.2 Å². The van der Waals surface area contributed by atoms with Gasteiger partial charge in [-0.3, -0.25) is 14.2 Å². The Labute approximate surface area is 210 Å². The molecule has 0 spiro atoms. The number of nitrogens with two attached hydrogens (primary N) is 1. The van der Waals surface area contributed by atoms with Gasteiger partial charge in [0.25, 0.3) is 11.8 Å². The van der Waals surface area contributed by atoms with Gasteiger partial charge in [-0.05, 0) is 25.2 Å². The highest BCUT2D eigenvalue weighted by molar-refractivity contribution is 5.94. The number of anilines is 1. The molecular weight excluding hydrogens is 482 g/mol. The molecule has 5 N–H and O–H groups in total. The highest BCUT2D eigenvalue weighted by Gasteiger charge is 2.47. The maximum atomic E-state index is 13.0. The van der Waals surface area contributed by atoms with Crippen molar-refractivity contribution >= 4 is 28.8 Å². The third-order valence-corrected chi connectivity index (χ3v) is 6.50. The number of likely N-dealkylation sites (N-methyl/N-ethyl adjacent to an activating group) is 1. The first-order valence-corrected chi connectivity index (χ1v) is 11.7. The molecule has 14 nitrogen and oxygen atoms in total. The molecule has 1 aliphatic heterocycles. The Morgan fingerprint density at radius 3 is 2.68 bits per heavy atom. The monoisotopic (exact) mass is 507 g/mol. The first kappa shape index (κ1) is 24.5. The maximum absolute atomic E-state index is 13.0. The lowest BCUT2D eigenvalue weighted by Crippen LogP contribution is -2.44. The first-order valence-electron chi connectivity index (χ1n) is 11.7. The van der Waals surface area contributed by atoms with Crippen LogP contribution in [0.1, 0.15) is 41.7 Å². The number of nitrogen functional groups attached to an aromatic ring is 1. The maximum Gasteiger partial charge on any atom is 0.258 e. The summed E-state index contributed by atoms with van der Waals surface area (Å²) in [6.07, 6.45) is 3.17. The molecule has 1 aliphatic carbocycles. The Bertz CT molecular complexity index is 1380. The van der Waals surface area contributed by atoms with E-state index in [0.717, 1.165) is 19.3 Å². The number of ether oxygens (including phenoxy) is 1. The van der Waals surface area contributed by atoms with Crippen LogP contribution in [0, 0.1) is 11.8 Å². The number of hydrogen-bond donors (Lipinski definition) is 4. The third kappa shape index (κ3) is 4.55. The van der Waals surface area contributed by atoms with E-state index in [2.05, 4.69) is 42.1 Å². The average Bonchev–Trinajstić information content (AvgIpc) is 3.43. The SMILES string of the molecule is CNC(=O)[C@H]1O[C@@H](n2cnc3c(N)nc(C#CCN(C(=O)c4cncnc4)C4CCC4)nc32)[C@H](O)C1O. The normalized spacial score (nSPS) is 23.2. The topological polar surface area (TPSA) is 194 Å². The van der Waals surface area contributed by atoms with E-state index in [-0.39, 0.29) is 41.3 Å². The lowest BCUT2D eigenvalue weighted by atomic mass is 9.91. The van der Waals surface area contributed by atoms with E-state index in [9.17, 15) is 19.8 Å². The second-order valence-electron chi connectivity index (χ2n) is 8.75. The molecule has 2 amide bonds. The fraction of sp³-hybridized carbons (Fsp3) is 0.435. The predicted molar refractivity (Wildman–Crippen MR) is 127 cm³/mol. The highest BCUT2D eigenvalue weighted by atomic mass is 16.6. The predicted octanol–water partition coefficient (Wildman–Crippen LogP) is -1.39. The number of nitrogens with zero attached hydrogens (tertiary/aromatic N) is 7. The third-order valence-electron chi connectivity index (χ3n) is 6.50. The van der Waals surface area contributed by atoms with Crippen LogP contribution in [0.2, 0.25) is 0 Å². The van der Waals surface area contributed by atoms with Crippen LogP contribution >= 0.6 is 0 Å². The molecule has 37 heavy (non-hydrogen) atoms. The van der Waals surface area contributed by atoms with Gasteiger partial charge in [-0.1, -0.05) is 5.92 Å². The number of fused-ring (bicyclic) bond motifs is 1. The van der Waals surface area contributed by atoms with Crippen LogP contribution in [0.5, 0.6) is 0 Å². The van der Waals surface area contributed by atoms with Gasteiger partial charge in [0.05, 0.1) is 18.4 Å². The van der Waals surface area contributed by atoms with E-state index in [4.69, 9.17) is 10.5 Å². The number of aliphatic hydroxyl groups is 2. The Hall–Kier alpha value is -4.19. The molecule has 2 fully saturated rings. The minimum Gasteiger partial charge on any atom is -0.387 e. The van der Waals surface area contributed by atoms with Crippen molar-refractivity contribution in [1.29, 1.82) is 0 Å². The summed E-state index contributed by atoms with van der Waals surface area (Å²) in [6, 6.07) is 0.0811. The molecule has 1 unspecified atom stereocenters. The molecule has 1 saturated carbocycles. The van der Waals surface area contributed by atoms with Crippen molar-refractivity contribution in [3.63, 3.8) is 0 Å². The lowest BCUT2D eigenvalue weighted by Gasteiger charge is -2.36. The summed E-state index contributed by atoms with van der Waals surface area (Å²) in [5, 5.41) is 23.2. The zero-order valence-electron chi connectivity index (χ0n) is 19.9. The Balaban J connectivity index is 1.40. The van der Waals surface area contributed by atoms with Gasteiger partial charge in [0.2, 0.25) is 5.82 Å². The van der Waals surface area contributed by atoms with Crippen molar-refractivity contribution in [3.05, 3.63) is 36.4 Å². The summed E-state index contributed by atoms with van der Waals surface area (Å²) in [6.45, 7) is 0.142. The van der Waals surface area contributed by atoms with Gasteiger partial charge in [0, 0.05) is 25.5 Å². The van der Waals surface area contributed by atoms with Crippen molar-refractivity contribution in [3.8, 4) is 11.8 Å². The molecule has 14 heteroatoms. The van der Waals surface area contributed by atoms with Crippen molar-refractivity contribution < 1.29 is 24.5 Å². The van der Waals surface area contributed by atoms with Crippen LogP contribution in [-0.2, 0) is 9.53 Å². The Morgan fingerprint density at radius 2 is 2.00 bits per heavy atom. The van der Waals surface area contributed by atoms with E-state index in [1.54, 1.807) is 4.90 Å². The average molecular weight is 508 g/mol. The van der Waals surface area contributed by atoms with Gasteiger partial charge in [-0.15, -0.1) is 0 Å². The van der Waals surface area contributed by atoms with E-state index < -0.39 is 30.4 Å². The first-order chi connectivity index (χ1) is 17.9. The van der Waals surface area contributed by atoms with Crippen molar-refractivity contribution in [1.82, 2.24) is 39.7 Å². The number of aliphatic hydroxyl groups excluding tert-OH is 2. The van der Waals surface area contributed by atoms with Crippen molar-refractivity contribution in [2.75, 3.05) is 19.3 Å². The molecule has 4 heterocycles. The lowest BCUT2D eigenvalue weighted by molar-refractivity contribution is -0.137. The number of imidazole rings is 1. The molecule has 1 saturated heterocycles. The molecule has 192 valence electrons. The zero-order chi connectivity index (χ0) is 26.1. The zero-order valence-corrected chi connectivity index (χ0v) is 19.9. The van der Waals surface area contributed by atoms with E-state index in [0.29, 0.717) is 5.56 Å². The van der Waals surface area contributed by atoms with Gasteiger partial charge < -0.3 is 30.9 Å². The number of hydrogen-bond acceptors (Lipinski definition) is 11. The quantitative estimate of drug-likeness (QED) is 0.297. The Kier molecular flexibility index (Phi) is 6.66. The van der Waals surface area contributed by atoms with Crippen LogP contribution in [-0.4, -0.2) is 94.4 Å². The molecule has 0 bridgehead atoms. The number of aromatic nitrogens is 6. The molecular formula is C23H25N9O5. The van der Waals surface area contributed by atoms with Crippen molar-refractivity contribution in [2.45, 2.75) is 49.8 Å². The number of rotatable bonds is 5. The van der Waals surface area contributed by atoms with Crippen molar-refractivity contribution in [2.24, 2.45) is 0 Å². The van der Waals surface area contributed by atoms with Crippen LogP contribution in [0.3, 0.4) is 0 Å².